The van der Waals surface area contributed by atoms with Crippen LogP contribution in [-0.2, 0) is 9.59 Å². The molecule has 3 amide bonds. The summed E-state index contributed by atoms with van der Waals surface area (Å²) in [4.78, 5) is 40.4. The molecule has 1 aromatic carbocycles. The van der Waals surface area contributed by atoms with E-state index in [1.54, 1.807) is 6.07 Å². The third kappa shape index (κ3) is 7.37. The normalized spacial score (nSPS) is 16.8. The third-order valence-electron chi connectivity index (χ3n) is 6.17. The van der Waals surface area contributed by atoms with Crippen LogP contribution in [0, 0.1) is 24.7 Å². The van der Waals surface area contributed by atoms with E-state index in [1.807, 2.05) is 50.8 Å². The van der Waals surface area contributed by atoms with E-state index in [-0.39, 0.29) is 29.7 Å². The van der Waals surface area contributed by atoms with E-state index in [0.717, 1.165) is 5.56 Å². The van der Waals surface area contributed by atoms with Gasteiger partial charge in [0.2, 0.25) is 11.8 Å². The molecule has 1 aliphatic rings. The average molecular weight is 430 g/mol. The summed E-state index contributed by atoms with van der Waals surface area (Å²) in [5.41, 5.74) is 1.55. The highest BCUT2D eigenvalue weighted by molar-refractivity contribution is 5.97. The number of hydrogen-bond acceptors (Lipinski definition) is 3. The molecule has 1 aromatic rings. The van der Waals surface area contributed by atoms with Crippen molar-refractivity contribution < 1.29 is 14.4 Å². The molecule has 2 N–H and O–H groups in total. The highest BCUT2D eigenvalue weighted by atomic mass is 16.2. The maximum atomic E-state index is 13.1. The fourth-order valence-corrected chi connectivity index (χ4v) is 3.85. The first-order valence-corrected chi connectivity index (χ1v) is 11.5. The van der Waals surface area contributed by atoms with Crippen molar-refractivity contribution in [3.8, 4) is 0 Å². The predicted octanol–water partition coefficient (Wildman–Crippen LogP) is 3.54. The number of piperidine rings is 1. The molecule has 0 aromatic heterocycles. The van der Waals surface area contributed by atoms with Gasteiger partial charge in [0, 0.05) is 31.1 Å². The minimum Gasteiger partial charge on any atom is -0.352 e. The summed E-state index contributed by atoms with van der Waals surface area (Å²) in [6, 6.07) is 6.78. The van der Waals surface area contributed by atoms with Crippen LogP contribution in [0.3, 0.4) is 0 Å². The standard InChI is InChI=1S/C25H39N3O3/c1-16(2)14-22(29)28-12-10-20(11-13-28)23(25(31)26-19(6)17(3)4)27-24(30)21-9-7-8-18(5)15-21/h7-9,15-17,19-20,23H,10-14H2,1-6H3,(H,26,31)(H,27,30)/t19-,23+/m0/s1. The van der Waals surface area contributed by atoms with E-state index in [1.165, 1.54) is 0 Å². The van der Waals surface area contributed by atoms with Crippen LogP contribution in [0.15, 0.2) is 24.3 Å². The van der Waals surface area contributed by atoms with E-state index in [4.69, 9.17) is 0 Å². The monoisotopic (exact) mass is 429 g/mol. The molecule has 1 aliphatic heterocycles. The van der Waals surface area contributed by atoms with Crippen LogP contribution in [0.1, 0.15) is 69.8 Å². The number of hydrogen-bond donors (Lipinski definition) is 2. The molecule has 2 rings (SSSR count). The number of likely N-dealkylation sites (tertiary alicyclic amines) is 1. The van der Waals surface area contributed by atoms with Gasteiger partial charge >= 0.3 is 0 Å². The second kappa shape index (κ2) is 11.3. The number of nitrogens with one attached hydrogen (secondary N) is 2. The van der Waals surface area contributed by atoms with Crippen molar-refractivity contribution in [2.45, 2.75) is 72.9 Å². The number of carbonyl (C=O) groups is 3. The van der Waals surface area contributed by atoms with Crippen molar-refractivity contribution in [1.29, 1.82) is 0 Å². The lowest BCUT2D eigenvalue weighted by Crippen LogP contribution is -2.55. The van der Waals surface area contributed by atoms with Crippen LogP contribution in [0.4, 0.5) is 0 Å². The van der Waals surface area contributed by atoms with Crippen LogP contribution in [0.2, 0.25) is 0 Å². The second-order valence-electron chi connectivity index (χ2n) is 9.68. The predicted molar refractivity (Wildman–Crippen MR) is 124 cm³/mol. The zero-order valence-electron chi connectivity index (χ0n) is 19.9. The van der Waals surface area contributed by atoms with Crippen molar-refractivity contribution >= 4 is 17.7 Å². The number of benzene rings is 1. The summed E-state index contributed by atoms with van der Waals surface area (Å²) >= 11 is 0. The maximum Gasteiger partial charge on any atom is 0.251 e. The van der Waals surface area contributed by atoms with Gasteiger partial charge in [0.1, 0.15) is 6.04 Å². The Labute approximate surface area is 187 Å². The summed E-state index contributed by atoms with van der Waals surface area (Å²) in [5, 5.41) is 6.07. The fourth-order valence-electron chi connectivity index (χ4n) is 3.85. The van der Waals surface area contributed by atoms with E-state index < -0.39 is 6.04 Å². The minimum atomic E-state index is -0.614. The summed E-state index contributed by atoms with van der Waals surface area (Å²) in [6.07, 6.45) is 1.95. The van der Waals surface area contributed by atoms with E-state index >= 15 is 0 Å². The van der Waals surface area contributed by atoms with Crippen LogP contribution < -0.4 is 10.6 Å². The van der Waals surface area contributed by atoms with Gasteiger partial charge in [-0.05, 0) is 56.6 Å². The van der Waals surface area contributed by atoms with Crippen molar-refractivity contribution in [2.75, 3.05) is 13.1 Å². The number of aryl methyl sites for hydroxylation is 1. The largest absolute Gasteiger partial charge is 0.352 e. The van der Waals surface area contributed by atoms with E-state index in [0.29, 0.717) is 49.8 Å². The molecule has 0 aliphatic carbocycles. The quantitative estimate of drug-likeness (QED) is 0.663. The van der Waals surface area contributed by atoms with Crippen molar-refractivity contribution in [2.24, 2.45) is 17.8 Å². The van der Waals surface area contributed by atoms with Gasteiger partial charge in [0.15, 0.2) is 0 Å². The third-order valence-corrected chi connectivity index (χ3v) is 6.17. The molecule has 172 valence electrons. The first kappa shape index (κ1) is 24.9. The lowest BCUT2D eigenvalue weighted by atomic mass is 9.87. The van der Waals surface area contributed by atoms with E-state index in [9.17, 15) is 14.4 Å². The zero-order chi connectivity index (χ0) is 23.1. The van der Waals surface area contributed by atoms with Gasteiger partial charge in [-0.3, -0.25) is 14.4 Å². The van der Waals surface area contributed by atoms with E-state index in [2.05, 4.69) is 24.5 Å². The molecular weight excluding hydrogens is 390 g/mol. The Bertz CT molecular complexity index is 767. The van der Waals surface area contributed by atoms with Gasteiger partial charge in [0.05, 0.1) is 0 Å². The summed E-state index contributed by atoms with van der Waals surface area (Å²) in [6.45, 7) is 13.4. The Hall–Kier alpha value is -2.37. The smallest absolute Gasteiger partial charge is 0.251 e. The van der Waals surface area contributed by atoms with Gasteiger partial charge in [-0.25, -0.2) is 0 Å². The summed E-state index contributed by atoms with van der Waals surface area (Å²) < 4.78 is 0. The molecule has 2 atom stereocenters. The number of nitrogens with zero attached hydrogens (tertiary/aromatic N) is 1. The lowest BCUT2D eigenvalue weighted by molar-refractivity contribution is -0.133. The Morgan fingerprint density at radius 1 is 1.03 bits per heavy atom. The van der Waals surface area contributed by atoms with Crippen LogP contribution in [0.25, 0.3) is 0 Å². The molecule has 0 radical (unpaired) electrons. The Kier molecular flexibility index (Phi) is 9.08. The van der Waals surface area contributed by atoms with Gasteiger partial charge in [-0.1, -0.05) is 45.4 Å². The lowest BCUT2D eigenvalue weighted by Gasteiger charge is -2.36. The molecule has 0 unspecified atom stereocenters. The van der Waals surface area contributed by atoms with Crippen molar-refractivity contribution in [1.82, 2.24) is 15.5 Å². The van der Waals surface area contributed by atoms with Gasteiger partial charge < -0.3 is 15.5 Å². The summed E-state index contributed by atoms with van der Waals surface area (Å²) in [5.74, 6) is 0.416. The topological polar surface area (TPSA) is 78.5 Å². The number of amides is 3. The number of rotatable bonds is 8. The SMILES string of the molecule is Cc1cccc(C(=O)N[C@@H](C(=O)N[C@@H](C)C(C)C)C2CCN(C(=O)CC(C)C)CC2)c1. The van der Waals surface area contributed by atoms with Gasteiger partial charge in [-0.15, -0.1) is 0 Å². The molecule has 1 fully saturated rings. The molecule has 1 saturated heterocycles. The highest BCUT2D eigenvalue weighted by Crippen LogP contribution is 2.23. The molecule has 6 heteroatoms. The molecule has 0 spiro atoms. The molecule has 1 heterocycles. The molecular formula is C25H39N3O3. The molecule has 0 bridgehead atoms. The number of carbonyl (C=O) groups excluding carboxylic acids is 3. The fraction of sp³-hybridized carbons (Fsp3) is 0.640. The average Bonchev–Trinajstić information content (AvgIpc) is 2.71. The van der Waals surface area contributed by atoms with Crippen LogP contribution in [-0.4, -0.2) is 47.8 Å². The second-order valence-corrected chi connectivity index (χ2v) is 9.68. The summed E-state index contributed by atoms with van der Waals surface area (Å²) in [7, 11) is 0. The molecule has 0 saturated carbocycles. The van der Waals surface area contributed by atoms with Crippen LogP contribution >= 0.6 is 0 Å². The molecule has 6 nitrogen and oxygen atoms in total. The van der Waals surface area contributed by atoms with Gasteiger partial charge in [-0.2, -0.15) is 0 Å². The van der Waals surface area contributed by atoms with Crippen molar-refractivity contribution in [3.63, 3.8) is 0 Å². The Morgan fingerprint density at radius 3 is 2.23 bits per heavy atom. The maximum absolute atomic E-state index is 13.1. The zero-order valence-corrected chi connectivity index (χ0v) is 19.9. The Morgan fingerprint density at radius 2 is 1.68 bits per heavy atom. The first-order chi connectivity index (χ1) is 14.6. The Balaban J connectivity index is 2.11. The molecule has 31 heavy (non-hydrogen) atoms. The van der Waals surface area contributed by atoms with Gasteiger partial charge in [0.25, 0.3) is 5.91 Å². The first-order valence-electron chi connectivity index (χ1n) is 11.5. The van der Waals surface area contributed by atoms with Crippen molar-refractivity contribution in [3.05, 3.63) is 35.4 Å². The van der Waals surface area contributed by atoms with Crippen LogP contribution in [0.5, 0.6) is 0 Å². The minimum absolute atomic E-state index is 0.00350. The highest BCUT2D eigenvalue weighted by Gasteiger charge is 2.34.